The monoisotopic (exact) mass is 198 g/mol. The topological polar surface area (TPSA) is 35.5 Å². The van der Waals surface area contributed by atoms with Crippen molar-refractivity contribution in [2.24, 2.45) is 0 Å². The molecule has 14 heavy (non-hydrogen) atoms. The van der Waals surface area contributed by atoms with Gasteiger partial charge in [0.15, 0.2) is 0 Å². The van der Waals surface area contributed by atoms with Crippen molar-refractivity contribution in [3.63, 3.8) is 0 Å². The highest BCUT2D eigenvalue weighted by molar-refractivity contribution is 4.85. The predicted molar refractivity (Wildman–Crippen MR) is 57.3 cm³/mol. The Hall–Kier alpha value is -0.120. The van der Waals surface area contributed by atoms with Crippen LogP contribution in [0, 0.1) is 0 Å². The van der Waals surface area contributed by atoms with E-state index in [1.807, 2.05) is 6.92 Å². The SMILES string of the molecule is CC1(O)CCN(CC2CCCN2)CC1. The molecular formula is C11H22N2O. The molecule has 3 nitrogen and oxygen atoms in total. The molecule has 2 saturated heterocycles. The van der Waals surface area contributed by atoms with Crippen LogP contribution in [-0.4, -0.2) is 47.8 Å². The van der Waals surface area contributed by atoms with Gasteiger partial charge in [0.2, 0.25) is 0 Å². The summed E-state index contributed by atoms with van der Waals surface area (Å²) >= 11 is 0. The first-order chi connectivity index (χ1) is 6.66. The molecule has 0 radical (unpaired) electrons. The van der Waals surface area contributed by atoms with Crippen LogP contribution in [0.2, 0.25) is 0 Å². The molecule has 0 amide bonds. The second kappa shape index (κ2) is 4.17. The molecular weight excluding hydrogens is 176 g/mol. The van der Waals surface area contributed by atoms with E-state index in [9.17, 15) is 5.11 Å². The molecule has 82 valence electrons. The minimum atomic E-state index is -0.403. The Morgan fingerprint density at radius 3 is 2.71 bits per heavy atom. The van der Waals surface area contributed by atoms with Crippen molar-refractivity contribution in [1.29, 1.82) is 0 Å². The molecule has 0 saturated carbocycles. The molecule has 2 aliphatic rings. The van der Waals surface area contributed by atoms with Gasteiger partial charge in [0.25, 0.3) is 0 Å². The van der Waals surface area contributed by atoms with E-state index < -0.39 is 5.60 Å². The van der Waals surface area contributed by atoms with Gasteiger partial charge in [-0.25, -0.2) is 0 Å². The lowest BCUT2D eigenvalue weighted by atomic mass is 9.93. The molecule has 0 aromatic carbocycles. The maximum Gasteiger partial charge on any atom is 0.0644 e. The molecule has 1 unspecified atom stereocenters. The van der Waals surface area contributed by atoms with Gasteiger partial charge in [-0.05, 0) is 39.2 Å². The van der Waals surface area contributed by atoms with Crippen LogP contribution in [0.4, 0.5) is 0 Å². The molecule has 3 heteroatoms. The fourth-order valence-electron chi connectivity index (χ4n) is 2.44. The van der Waals surface area contributed by atoms with Crippen molar-refractivity contribution >= 4 is 0 Å². The minimum absolute atomic E-state index is 0.403. The van der Waals surface area contributed by atoms with Crippen molar-refractivity contribution in [3.8, 4) is 0 Å². The highest BCUT2D eigenvalue weighted by atomic mass is 16.3. The smallest absolute Gasteiger partial charge is 0.0644 e. The molecule has 0 spiro atoms. The number of nitrogens with zero attached hydrogens (tertiary/aromatic N) is 1. The molecule has 0 aromatic heterocycles. The van der Waals surface area contributed by atoms with E-state index in [1.54, 1.807) is 0 Å². The predicted octanol–water partition coefficient (Wildman–Crippen LogP) is 0.585. The summed E-state index contributed by atoms with van der Waals surface area (Å²) in [6.45, 7) is 6.45. The van der Waals surface area contributed by atoms with Gasteiger partial charge in [-0.2, -0.15) is 0 Å². The van der Waals surface area contributed by atoms with Crippen molar-refractivity contribution < 1.29 is 5.11 Å². The zero-order valence-electron chi connectivity index (χ0n) is 9.13. The van der Waals surface area contributed by atoms with Gasteiger partial charge in [-0.15, -0.1) is 0 Å². The molecule has 0 aliphatic carbocycles. The van der Waals surface area contributed by atoms with E-state index in [4.69, 9.17) is 0 Å². The highest BCUT2D eigenvalue weighted by Crippen LogP contribution is 2.21. The standard InChI is InChI=1S/C11H22N2O/c1-11(14)4-7-13(8-5-11)9-10-3-2-6-12-10/h10,12,14H,2-9H2,1H3. The fourth-order valence-corrected chi connectivity index (χ4v) is 2.44. The van der Waals surface area contributed by atoms with Crippen molar-refractivity contribution in [2.45, 2.75) is 44.2 Å². The number of rotatable bonds is 2. The Morgan fingerprint density at radius 2 is 2.14 bits per heavy atom. The van der Waals surface area contributed by atoms with Crippen LogP contribution in [0.3, 0.4) is 0 Å². The van der Waals surface area contributed by atoms with Gasteiger partial charge in [0.05, 0.1) is 5.60 Å². The Morgan fingerprint density at radius 1 is 1.43 bits per heavy atom. The Balaban J connectivity index is 1.72. The lowest BCUT2D eigenvalue weighted by Crippen LogP contribution is -2.46. The third-order valence-corrected chi connectivity index (χ3v) is 3.57. The molecule has 2 heterocycles. The van der Waals surface area contributed by atoms with Crippen LogP contribution in [0.15, 0.2) is 0 Å². The maximum atomic E-state index is 9.81. The number of nitrogens with one attached hydrogen (secondary N) is 1. The summed E-state index contributed by atoms with van der Waals surface area (Å²) in [6.07, 6.45) is 4.52. The first-order valence-corrected chi connectivity index (χ1v) is 5.84. The first-order valence-electron chi connectivity index (χ1n) is 5.84. The second-order valence-corrected chi connectivity index (χ2v) is 5.09. The minimum Gasteiger partial charge on any atom is -0.390 e. The molecule has 2 rings (SSSR count). The van der Waals surface area contributed by atoms with Gasteiger partial charge in [-0.3, -0.25) is 0 Å². The average Bonchev–Trinajstić information content (AvgIpc) is 2.61. The molecule has 0 aromatic rings. The zero-order chi connectivity index (χ0) is 10.0. The van der Waals surface area contributed by atoms with Gasteiger partial charge >= 0.3 is 0 Å². The Labute approximate surface area is 86.5 Å². The van der Waals surface area contributed by atoms with Gasteiger partial charge in [-0.1, -0.05) is 0 Å². The van der Waals surface area contributed by atoms with Crippen LogP contribution in [0.1, 0.15) is 32.6 Å². The molecule has 0 bridgehead atoms. The third-order valence-electron chi connectivity index (χ3n) is 3.57. The lowest BCUT2D eigenvalue weighted by Gasteiger charge is -2.36. The summed E-state index contributed by atoms with van der Waals surface area (Å²) in [5.74, 6) is 0. The first kappa shape index (κ1) is 10.4. The van der Waals surface area contributed by atoms with Crippen LogP contribution in [0.25, 0.3) is 0 Å². The summed E-state index contributed by atoms with van der Waals surface area (Å²) in [5.41, 5.74) is -0.403. The van der Waals surface area contributed by atoms with Gasteiger partial charge in [0.1, 0.15) is 0 Å². The van der Waals surface area contributed by atoms with Crippen LogP contribution >= 0.6 is 0 Å². The highest BCUT2D eigenvalue weighted by Gasteiger charge is 2.28. The average molecular weight is 198 g/mol. The third kappa shape index (κ3) is 2.69. The van der Waals surface area contributed by atoms with E-state index in [0.717, 1.165) is 25.9 Å². The normalized spacial score (nSPS) is 33.4. The largest absolute Gasteiger partial charge is 0.390 e. The summed E-state index contributed by atoms with van der Waals surface area (Å²) in [6, 6.07) is 0.707. The van der Waals surface area contributed by atoms with E-state index in [1.165, 1.54) is 25.9 Å². The van der Waals surface area contributed by atoms with Crippen LogP contribution in [0.5, 0.6) is 0 Å². The van der Waals surface area contributed by atoms with Crippen LogP contribution in [-0.2, 0) is 0 Å². The number of likely N-dealkylation sites (tertiary alicyclic amines) is 1. The summed E-state index contributed by atoms with van der Waals surface area (Å²) < 4.78 is 0. The molecule has 2 fully saturated rings. The number of aliphatic hydroxyl groups is 1. The van der Waals surface area contributed by atoms with E-state index in [-0.39, 0.29) is 0 Å². The van der Waals surface area contributed by atoms with Crippen molar-refractivity contribution in [1.82, 2.24) is 10.2 Å². The summed E-state index contributed by atoms with van der Waals surface area (Å²) in [4.78, 5) is 2.49. The number of hydrogen-bond acceptors (Lipinski definition) is 3. The zero-order valence-corrected chi connectivity index (χ0v) is 9.13. The van der Waals surface area contributed by atoms with E-state index in [2.05, 4.69) is 10.2 Å². The number of hydrogen-bond donors (Lipinski definition) is 2. The van der Waals surface area contributed by atoms with E-state index in [0.29, 0.717) is 6.04 Å². The Kier molecular flexibility index (Phi) is 3.10. The van der Waals surface area contributed by atoms with E-state index >= 15 is 0 Å². The summed E-state index contributed by atoms with van der Waals surface area (Å²) in [7, 11) is 0. The molecule has 1 atom stereocenters. The molecule has 2 aliphatic heterocycles. The van der Waals surface area contributed by atoms with Gasteiger partial charge in [0, 0.05) is 25.7 Å². The second-order valence-electron chi connectivity index (χ2n) is 5.09. The number of piperidine rings is 1. The van der Waals surface area contributed by atoms with Gasteiger partial charge < -0.3 is 15.3 Å². The van der Waals surface area contributed by atoms with Crippen molar-refractivity contribution in [3.05, 3.63) is 0 Å². The molecule has 2 N–H and O–H groups in total. The van der Waals surface area contributed by atoms with Crippen molar-refractivity contribution in [2.75, 3.05) is 26.2 Å². The maximum absolute atomic E-state index is 9.81. The lowest BCUT2D eigenvalue weighted by molar-refractivity contribution is -0.00685. The fraction of sp³-hybridized carbons (Fsp3) is 1.00. The Bertz CT molecular complexity index is 178. The van der Waals surface area contributed by atoms with Crippen LogP contribution < -0.4 is 5.32 Å². The quantitative estimate of drug-likeness (QED) is 0.681. The summed E-state index contributed by atoms with van der Waals surface area (Å²) in [5, 5.41) is 13.3.